The van der Waals surface area contributed by atoms with Crippen molar-refractivity contribution in [3.05, 3.63) is 24.2 Å². The van der Waals surface area contributed by atoms with Gasteiger partial charge in [0.1, 0.15) is 5.76 Å². The van der Waals surface area contributed by atoms with Crippen LogP contribution in [0.5, 0.6) is 0 Å². The second-order valence-electron chi connectivity index (χ2n) is 4.51. The number of nitrogens with zero attached hydrogens (tertiary/aromatic N) is 1. The Hall–Kier alpha value is -0.840. The zero-order chi connectivity index (χ0) is 11.5. The van der Waals surface area contributed by atoms with Crippen LogP contribution in [0.2, 0.25) is 0 Å². The normalized spacial score (nSPS) is 20.0. The number of aliphatic hydroxyl groups excluding tert-OH is 1. The summed E-state index contributed by atoms with van der Waals surface area (Å²) in [7, 11) is 0. The van der Waals surface area contributed by atoms with Crippen LogP contribution in [0.1, 0.15) is 31.6 Å². The molecule has 1 fully saturated rings. The average Bonchev–Trinajstić information content (AvgIpc) is 2.95. The predicted octanol–water partition coefficient (Wildman–Crippen LogP) is 1.12. The third-order valence-electron chi connectivity index (χ3n) is 3.06. The van der Waals surface area contributed by atoms with Crippen LogP contribution in [-0.4, -0.2) is 35.2 Å². The Balaban J connectivity index is 2.16. The number of hydrogen-bond acceptors (Lipinski definition) is 4. The van der Waals surface area contributed by atoms with Gasteiger partial charge in [-0.15, -0.1) is 0 Å². The standard InChI is InChI=1S/C12H20N2O2/c1-9(13)12(11-3-2-8-16-11)14(6-7-15)10-4-5-10/h2-3,8-10,12,15H,4-7,13H2,1H3. The summed E-state index contributed by atoms with van der Waals surface area (Å²) < 4.78 is 5.46. The topological polar surface area (TPSA) is 62.6 Å². The van der Waals surface area contributed by atoms with Gasteiger partial charge in [0, 0.05) is 18.6 Å². The molecule has 1 aromatic rings. The minimum atomic E-state index is -0.00157. The van der Waals surface area contributed by atoms with E-state index in [0.717, 1.165) is 5.76 Å². The van der Waals surface area contributed by atoms with E-state index >= 15 is 0 Å². The first-order valence-corrected chi connectivity index (χ1v) is 5.89. The highest BCUT2D eigenvalue weighted by Crippen LogP contribution is 2.35. The molecule has 4 nitrogen and oxygen atoms in total. The lowest BCUT2D eigenvalue weighted by Gasteiger charge is -2.32. The molecule has 4 heteroatoms. The van der Waals surface area contributed by atoms with E-state index in [9.17, 15) is 0 Å². The maximum atomic E-state index is 9.13. The molecule has 1 saturated carbocycles. The van der Waals surface area contributed by atoms with Crippen molar-refractivity contribution in [1.29, 1.82) is 0 Å². The van der Waals surface area contributed by atoms with Crippen molar-refractivity contribution in [2.75, 3.05) is 13.2 Å². The Labute approximate surface area is 96.0 Å². The summed E-state index contributed by atoms with van der Waals surface area (Å²) in [6.45, 7) is 2.82. The largest absolute Gasteiger partial charge is 0.468 e. The van der Waals surface area contributed by atoms with E-state index in [1.807, 2.05) is 19.1 Å². The lowest BCUT2D eigenvalue weighted by atomic mass is 10.1. The SMILES string of the molecule is CC(N)C(c1ccco1)N(CCO)C1CC1. The fourth-order valence-electron chi connectivity index (χ4n) is 2.25. The van der Waals surface area contributed by atoms with Gasteiger partial charge in [-0.1, -0.05) is 0 Å². The molecule has 2 atom stereocenters. The summed E-state index contributed by atoms with van der Waals surface area (Å²) in [5.74, 6) is 0.898. The van der Waals surface area contributed by atoms with E-state index in [-0.39, 0.29) is 18.7 Å². The third-order valence-corrected chi connectivity index (χ3v) is 3.06. The van der Waals surface area contributed by atoms with Crippen molar-refractivity contribution < 1.29 is 9.52 Å². The van der Waals surface area contributed by atoms with Gasteiger partial charge in [0.2, 0.25) is 0 Å². The van der Waals surface area contributed by atoms with E-state index < -0.39 is 0 Å². The lowest BCUT2D eigenvalue weighted by Crippen LogP contribution is -2.42. The first-order chi connectivity index (χ1) is 7.74. The van der Waals surface area contributed by atoms with E-state index in [4.69, 9.17) is 15.3 Å². The Kier molecular flexibility index (Phi) is 3.63. The molecule has 0 aliphatic heterocycles. The summed E-state index contributed by atoms with van der Waals surface area (Å²) >= 11 is 0. The number of aliphatic hydroxyl groups is 1. The van der Waals surface area contributed by atoms with Crippen molar-refractivity contribution in [3.63, 3.8) is 0 Å². The number of nitrogens with two attached hydrogens (primary N) is 1. The molecule has 1 aliphatic rings. The molecule has 0 bridgehead atoms. The van der Waals surface area contributed by atoms with Crippen molar-refractivity contribution in [3.8, 4) is 0 Å². The lowest BCUT2D eigenvalue weighted by molar-refractivity contribution is 0.115. The Morgan fingerprint density at radius 1 is 1.62 bits per heavy atom. The fraction of sp³-hybridized carbons (Fsp3) is 0.667. The molecule has 3 N–H and O–H groups in total. The highest BCUT2D eigenvalue weighted by Gasteiger charge is 2.36. The van der Waals surface area contributed by atoms with E-state index in [2.05, 4.69) is 4.90 Å². The first-order valence-electron chi connectivity index (χ1n) is 5.89. The second-order valence-corrected chi connectivity index (χ2v) is 4.51. The van der Waals surface area contributed by atoms with Gasteiger partial charge in [0.15, 0.2) is 0 Å². The molecule has 0 spiro atoms. The molecule has 1 aliphatic carbocycles. The first kappa shape index (κ1) is 11.6. The van der Waals surface area contributed by atoms with Gasteiger partial charge in [0.05, 0.1) is 18.9 Å². The Bertz CT molecular complexity index is 307. The predicted molar refractivity (Wildman–Crippen MR) is 61.9 cm³/mol. The maximum Gasteiger partial charge on any atom is 0.122 e. The molecule has 1 heterocycles. The molecule has 0 radical (unpaired) electrons. The van der Waals surface area contributed by atoms with Crippen LogP contribution in [0.4, 0.5) is 0 Å². The number of furan rings is 1. The van der Waals surface area contributed by atoms with Crippen LogP contribution in [0, 0.1) is 0 Å². The van der Waals surface area contributed by atoms with Crippen molar-refractivity contribution in [2.24, 2.45) is 5.73 Å². The third kappa shape index (κ3) is 2.45. The molecule has 0 saturated heterocycles. The molecule has 0 aromatic carbocycles. The van der Waals surface area contributed by atoms with Crippen molar-refractivity contribution >= 4 is 0 Å². The molecular formula is C12H20N2O2. The van der Waals surface area contributed by atoms with Crippen LogP contribution < -0.4 is 5.73 Å². The van der Waals surface area contributed by atoms with Crippen molar-refractivity contribution in [2.45, 2.75) is 37.9 Å². The minimum Gasteiger partial charge on any atom is -0.468 e. The Morgan fingerprint density at radius 2 is 2.38 bits per heavy atom. The van der Waals surface area contributed by atoms with Crippen LogP contribution in [0.3, 0.4) is 0 Å². The van der Waals surface area contributed by atoms with Gasteiger partial charge >= 0.3 is 0 Å². The van der Waals surface area contributed by atoms with Gasteiger partial charge in [-0.2, -0.15) is 0 Å². The second kappa shape index (κ2) is 4.99. The molecular weight excluding hydrogens is 204 g/mol. The highest BCUT2D eigenvalue weighted by atomic mass is 16.3. The van der Waals surface area contributed by atoms with Crippen LogP contribution in [-0.2, 0) is 0 Å². The summed E-state index contributed by atoms with van der Waals surface area (Å²) in [6.07, 6.45) is 4.07. The van der Waals surface area contributed by atoms with E-state index in [1.165, 1.54) is 12.8 Å². The van der Waals surface area contributed by atoms with Gasteiger partial charge in [-0.3, -0.25) is 4.90 Å². The van der Waals surface area contributed by atoms with Crippen LogP contribution >= 0.6 is 0 Å². The summed E-state index contributed by atoms with van der Waals surface area (Å²) in [6, 6.07) is 4.48. The summed E-state index contributed by atoms with van der Waals surface area (Å²) in [4.78, 5) is 2.27. The van der Waals surface area contributed by atoms with Gasteiger partial charge in [-0.05, 0) is 31.9 Å². The molecule has 1 aromatic heterocycles. The quantitative estimate of drug-likeness (QED) is 0.760. The fourth-order valence-corrected chi connectivity index (χ4v) is 2.25. The highest BCUT2D eigenvalue weighted by molar-refractivity contribution is 5.09. The smallest absolute Gasteiger partial charge is 0.122 e. The van der Waals surface area contributed by atoms with Crippen LogP contribution in [0.15, 0.2) is 22.8 Å². The van der Waals surface area contributed by atoms with E-state index in [0.29, 0.717) is 12.6 Å². The van der Waals surface area contributed by atoms with Crippen LogP contribution in [0.25, 0.3) is 0 Å². The zero-order valence-electron chi connectivity index (χ0n) is 9.67. The molecule has 16 heavy (non-hydrogen) atoms. The molecule has 2 rings (SSSR count). The molecule has 0 amide bonds. The van der Waals surface area contributed by atoms with Gasteiger partial charge in [-0.25, -0.2) is 0 Å². The zero-order valence-corrected chi connectivity index (χ0v) is 9.67. The number of hydrogen-bond donors (Lipinski definition) is 2. The summed E-state index contributed by atoms with van der Waals surface area (Å²) in [5, 5.41) is 9.13. The average molecular weight is 224 g/mol. The number of rotatable bonds is 6. The molecule has 2 unspecified atom stereocenters. The van der Waals surface area contributed by atoms with Crippen molar-refractivity contribution in [1.82, 2.24) is 4.90 Å². The Morgan fingerprint density at radius 3 is 2.81 bits per heavy atom. The molecule has 90 valence electrons. The van der Waals surface area contributed by atoms with Gasteiger partial charge in [0.25, 0.3) is 0 Å². The van der Waals surface area contributed by atoms with Gasteiger partial charge < -0.3 is 15.3 Å². The summed E-state index contributed by atoms with van der Waals surface area (Å²) in [5.41, 5.74) is 6.04. The maximum absolute atomic E-state index is 9.13. The minimum absolute atomic E-state index is 0.00157. The monoisotopic (exact) mass is 224 g/mol. The van der Waals surface area contributed by atoms with E-state index in [1.54, 1.807) is 6.26 Å².